The van der Waals surface area contributed by atoms with Crippen LogP contribution in [0.4, 0.5) is 0 Å². The maximum Gasteiger partial charge on any atom is 0.146 e. The van der Waals surface area contributed by atoms with Gasteiger partial charge in [-0.2, -0.15) is 5.26 Å². The molecule has 0 bridgehead atoms. The van der Waals surface area contributed by atoms with E-state index in [2.05, 4.69) is 18.3 Å². The Kier molecular flexibility index (Phi) is 4.85. The second-order valence-electron chi connectivity index (χ2n) is 4.89. The monoisotopic (exact) mass is 300 g/mol. The average molecular weight is 301 g/mol. The minimum absolute atomic E-state index is 0.222. The number of nitrogens with zero attached hydrogens (tertiary/aromatic N) is 1. The summed E-state index contributed by atoms with van der Waals surface area (Å²) in [5.74, 6) is 1.23. The minimum atomic E-state index is 0.222. The second-order valence-corrected chi connectivity index (χ2v) is 5.30. The molecule has 0 aliphatic carbocycles. The van der Waals surface area contributed by atoms with Gasteiger partial charge in [0.1, 0.15) is 11.5 Å². The molecule has 21 heavy (non-hydrogen) atoms. The highest BCUT2D eigenvalue weighted by Gasteiger charge is 2.10. The number of benzene rings is 2. The zero-order valence-electron chi connectivity index (χ0n) is 12.3. The van der Waals surface area contributed by atoms with Crippen LogP contribution in [0.3, 0.4) is 0 Å². The zero-order valence-corrected chi connectivity index (χ0v) is 13.0. The van der Waals surface area contributed by atoms with E-state index in [9.17, 15) is 0 Å². The van der Waals surface area contributed by atoms with E-state index < -0.39 is 0 Å². The Morgan fingerprint density at radius 3 is 2.57 bits per heavy atom. The molecule has 0 heterocycles. The predicted molar refractivity (Wildman–Crippen MR) is 84.9 cm³/mol. The van der Waals surface area contributed by atoms with Gasteiger partial charge in [0.15, 0.2) is 0 Å². The van der Waals surface area contributed by atoms with Crippen LogP contribution in [0.15, 0.2) is 36.4 Å². The molecule has 0 radical (unpaired) electrons. The number of rotatable bonds is 4. The van der Waals surface area contributed by atoms with Gasteiger partial charge in [0.05, 0.1) is 16.7 Å². The van der Waals surface area contributed by atoms with Crippen LogP contribution < -0.4 is 10.1 Å². The maximum absolute atomic E-state index is 8.96. The lowest BCUT2D eigenvalue weighted by Crippen LogP contribution is -2.12. The smallest absolute Gasteiger partial charge is 0.146 e. The quantitative estimate of drug-likeness (QED) is 0.898. The number of hydrogen-bond acceptors (Lipinski definition) is 3. The van der Waals surface area contributed by atoms with E-state index in [-0.39, 0.29) is 6.04 Å². The van der Waals surface area contributed by atoms with Gasteiger partial charge in [0.2, 0.25) is 0 Å². The van der Waals surface area contributed by atoms with Crippen LogP contribution in [0, 0.1) is 18.3 Å². The van der Waals surface area contributed by atoms with E-state index in [4.69, 9.17) is 21.6 Å². The predicted octanol–water partition coefficient (Wildman–Crippen LogP) is 4.59. The molecule has 3 nitrogen and oxygen atoms in total. The molecule has 2 rings (SSSR count). The van der Waals surface area contributed by atoms with E-state index in [0.29, 0.717) is 22.1 Å². The molecule has 4 heteroatoms. The second kappa shape index (κ2) is 6.62. The summed E-state index contributed by atoms with van der Waals surface area (Å²) in [5.41, 5.74) is 2.61. The molecule has 0 aliphatic rings. The molecular weight excluding hydrogens is 284 g/mol. The van der Waals surface area contributed by atoms with Crippen LogP contribution in [0.1, 0.15) is 29.7 Å². The molecule has 0 saturated carbocycles. The molecule has 0 amide bonds. The van der Waals surface area contributed by atoms with E-state index in [1.807, 2.05) is 38.2 Å². The summed E-state index contributed by atoms with van der Waals surface area (Å²) in [6.45, 7) is 3.99. The van der Waals surface area contributed by atoms with Gasteiger partial charge in [-0.05, 0) is 56.3 Å². The SMILES string of the molecule is CNC(C)c1ccc(Oc2cc(C#N)ccc2C)c(Cl)c1. The number of aryl methyl sites for hydroxylation is 1. The normalized spacial score (nSPS) is 11.8. The van der Waals surface area contributed by atoms with E-state index in [0.717, 1.165) is 11.1 Å². The van der Waals surface area contributed by atoms with Crippen LogP contribution in [0.25, 0.3) is 0 Å². The third kappa shape index (κ3) is 3.55. The summed E-state index contributed by atoms with van der Waals surface area (Å²) in [6, 6.07) is 13.4. The molecule has 2 aromatic rings. The number of nitrogens with one attached hydrogen (secondary N) is 1. The van der Waals surface area contributed by atoms with Gasteiger partial charge < -0.3 is 10.1 Å². The van der Waals surface area contributed by atoms with Crippen molar-refractivity contribution in [2.75, 3.05) is 7.05 Å². The summed E-state index contributed by atoms with van der Waals surface area (Å²) in [4.78, 5) is 0. The lowest BCUT2D eigenvalue weighted by atomic mass is 10.1. The van der Waals surface area contributed by atoms with Crippen molar-refractivity contribution in [3.8, 4) is 17.6 Å². The molecule has 0 aliphatic heterocycles. The molecule has 0 saturated heterocycles. The first-order valence-corrected chi connectivity index (χ1v) is 7.08. The largest absolute Gasteiger partial charge is 0.455 e. The Bertz CT molecular complexity index is 692. The average Bonchev–Trinajstić information content (AvgIpc) is 2.50. The number of ether oxygens (including phenoxy) is 1. The molecule has 1 unspecified atom stereocenters. The Morgan fingerprint density at radius 2 is 1.95 bits per heavy atom. The van der Waals surface area contributed by atoms with Crippen molar-refractivity contribution in [1.29, 1.82) is 5.26 Å². The van der Waals surface area contributed by atoms with E-state index >= 15 is 0 Å². The van der Waals surface area contributed by atoms with Crippen molar-refractivity contribution in [3.63, 3.8) is 0 Å². The number of nitriles is 1. The van der Waals surface area contributed by atoms with Gasteiger partial charge in [-0.25, -0.2) is 0 Å². The summed E-state index contributed by atoms with van der Waals surface area (Å²) < 4.78 is 5.85. The van der Waals surface area contributed by atoms with E-state index in [1.54, 1.807) is 12.1 Å². The van der Waals surface area contributed by atoms with Crippen LogP contribution >= 0.6 is 11.6 Å². The lowest BCUT2D eigenvalue weighted by molar-refractivity contribution is 0.478. The lowest BCUT2D eigenvalue weighted by Gasteiger charge is -2.14. The first-order valence-electron chi connectivity index (χ1n) is 6.70. The molecule has 1 N–H and O–H groups in total. The Labute approximate surface area is 130 Å². The fourth-order valence-corrected chi connectivity index (χ4v) is 2.16. The maximum atomic E-state index is 8.96. The third-order valence-electron chi connectivity index (χ3n) is 3.43. The summed E-state index contributed by atoms with van der Waals surface area (Å²) >= 11 is 6.29. The van der Waals surface area contributed by atoms with Gasteiger partial charge in [-0.15, -0.1) is 0 Å². The molecule has 2 aromatic carbocycles. The minimum Gasteiger partial charge on any atom is -0.455 e. The van der Waals surface area contributed by atoms with Crippen molar-refractivity contribution in [2.45, 2.75) is 19.9 Å². The number of hydrogen-bond donors (Lipinski definition) is 1. The van der Waals surface area contributed by atoms with Crippen molar-refractivity contribution >= 4 is 11.6 Å². The van der Waals surface area contributed by atoms with Gasteiger partial charge >= 0.3 is 0 Å². The highest BCUT2D eigenvalue weighted by atomic mass is 35.5. The molecule has 1 atom stereocenters. The fraction of sp³-hybridized carbons (Fsp3) is 0.235. The molecular formula is C17H17ClN2O. The van der Waals surface area contributed by atoms with Crippen LogP contribution in [0.5, 0.6) is 11.5 Å². The van der Waals surface area contributed by atoms with Crippen LogP contribution in [0.2, 0.25) is 5.02 Å². The fourth-order valence-electron chi connectivity index (χ4n) is 1.93. The Hall–Kier alpha value is -2.02. The van der Waals surface area contributed by atoms with Gasteiger partial charge in [-0.1, -0.05) is 23.7 Å². The highest BCUT2D eigenvalue weighted by Crippen LogP contribution is 2.33. The van der Waals surface area contributed by atoms with E-state index in [1.165, 1.54) is 0 Å². The van der Waals surface area contributed by atoms with Crippen molar-refractivity contribution in [3.05, 3.63) is 58.1 Å². The summed E-state index contributed by atoms with van der Waals surface area (Å²) in [7, 11) is 1.90. The van der Waals surface area contributed by atoms with Crippen LogP contribution in [-0.2, 0) is 0 Å². The Balaban J connectivity index is 2.30. The first-order chi connectivity index (χ1) is 10.0. The first kappa shape index (κ1) is 15.4. The van der Waals surface area contributed by atoms with Crippen molar-refractivity contribution in [2.24, 2.45) is 0 Å². The highest BCUT2D eigenvalue weighted by molar-refractivity contribution is 6.32. The topological polar surface area (TPSA) is 45.0 Å². The Morgan fingerprint density at radius 1 is 1.19 bits per heavy atom. The van der Waals surface area contributed by atoms with Crippen LogP contribution in [-0.4, -0.2) is 7.05 Å². The van der Waals surface area contributed by atoms with Gasteiger partial charge in [0, 0.05) is 6.04 Å². The molecule has 108 valence electrons. The summed E-state index contributed by atoms with van der Waals surface area (Å²) in [6.07, 6.45) is 0. The molecule has 0 fully saturated rings. The van der Waals surface area contributed by atoms with Crippen molar-refractivity contribution < 1.29 is 4.74 Å². The molecule has 0 aromatic heterocycles. The van der Waals surface area contributed by atoms with Gasteiger partial charge in [0.25, 0.3) is 0 Å². The number of halogens is 1. The third-order valence-corrected chi connectivity index (χ3v) is 3.72. The zero-order chi connectivity index (χ0) is 15.4. The standard InChI is InChI=1S/C17H17ClN2O/c1-11-4-5-13(10-19)8-17(11)21-16-7-6-14(9-15(16)18)12(2)20-3/h4-9,12,20H,1-3H3. The molecule has 0 spiro atoms. The van der Waals surface area contributed by atoms with Crippen molar-refractivity contribution in [1.82, 2.24) is 5.32 Å². The van der Waals surface area contributed by atoms with Gasteiger partial charge in [-0.3, -0.25) is 0 Å². The summed E-state index contributed by atoms with van der Waals surface area (Å²) in [5, 5.41) is 12.7.